The maximum Gasteiger partial charge on any atom is 0.243 e. The Labute approximate surface area is 101 Å². The third-order valence-corrected chi connectivity index (χ3v) is 1.04. The average Bonchev–Trinajstić information content (AvgIpc) is 2.19. The number of hydrogen-bond acceptors (Lipinski definition) is 3. The second-order valence-electron chi connectivity index (χ2n) is 2.90. The van der Waals surface area contributed by atoms with E-state index in [0.717, 1.165) is 6.08 Å². The van der Waals surface area contributed by atoms with Gasteiger partial charge >= 0.3 is 0 Å². The van der Waals surface area contributed by atoms with Crippen molar-refractivity contribution in [2.45, 2.75) is 13.8 Å². The van der Waals surface area contributed by atoms with Gasteiger partial charge in [0.1, 0.15) is 0 Å². The first-order valence-corrected chi connectivity index (χ1v) is 4.38. The standard InChI is InChI=1S/2C4H7NO.C3H5NO/c2*1-3(2)4(5)6;1-2-3(4)5/h2*1H2,2H3,(H2,5,6);2H,1H2,(H2,4,5). The van der Waals surface area contributed by atoms with Gasteiger partial charge in [-0.3, -0.25) is 14.4 Å². The second kappa shape index (κ2) is 11.7. The fourth-order valence-corrected chi connectivity index (χ4v) is 0. The van der Waals surface area contributed by atoms with Gasteiger partial charge in [-0.1, -0.05) is 19.7 Å². The Morgan fingerprint density at radius 1 is 0.882 bits per heavy atom. The molecule has 0 fully saturated rings. The molecule has 0 spiro atoms. The third kappa shape index (κ3) is 31.7. The lowest BCUT2D eigenvalue weighted by Crippen LogP contribution is -2.10. The van der Waals surface area contributed by atoms with Gasteiger partial charge in [-0.2, -0.15) is 0 Å². The molecule has 0 aliphatic heterocycles. The molecular formula is C11H19N3O3. The summed E-state index contributed by atoms with van der Waals surface area (Å²) in [5, 5.41) is 0. The van der Waals surface area contributed by atoms with E-state index in [2.05, 4.69) is 25.5 Å². The van der Waals surface area contributed by atoms with Crippen LogP contribution in [0.1, 0.15) is 13.8 Å². The molecule has 0 aromatic carbocycles. The van der Waals surface area contributed by atoms with E-state index in [9.17, 15) is 14.4 Å². The van der Waals surface area contributed by atoms with Gasteiger partial charge in [0.2, 0.25) is 17.7 Å². The van der Waals surface area contributed by atoms with E-state index >= 15 is 0 Å². The topological polar surface area (TPSA) is 129 Å². The molecule has 0 aliphatic carbocycles. The molecule has 0 bridgehead atoms. The Bertz CT molecular complexity index is 285. The largest absolute Gasteiger partial charge is 0.366 e. The van der Waals surface area contributed by atoms with Crippen molar-refractivity contribution in [2.75, 3.05) is 0 Å². The van der Waals surface area contributed by atoms with Gasteiger partial charge in [-0.15, -0.1) is 0 Å². The van der Waals surface area contributed by atoms with Crippen LogP contribution in [0.3, 0.4) is 0 Å². The van der Waals surface area contributed by atoms with Gasteiger partial charge in [-0.25, -0.2) is 0 Å². The molecular weight excluding hydrogens is 222 g/mol. The van der Waals surface area contributed by atoms with Crippen LogP contribution in [0.4, 0.5) is 0 Å². The van der Waals surface area contributed by atoms with Gasteiger partial charge < -0.3 is 17.2 Å². The molecule has 6 N–H and O–H groups in total. The summed E-state index contributed by atoms with van der Waals surface area (Å²) in [5.74, 6) is -1.35. The number of rotatable bonds is 3. The molecule has 17 heavy (non-hydrogen) atoms. The minimum Gasteiger partial charge on any atom is -0.366 e. The molecule has 96 valence electrons. The van der Waals surface area contributed by atoms with Crippen LogP contribution in [-0.4, -0.2) is 17.7 Å². The first-order valence-electron chi connectivity index (χ1n) is 4.38. The SMILES string of the molecule is C=C(C)C(N)=O.C=C(C)C(N)=O.C=CC(N)=O. The lowest BCUT2D eigenvalue weighted by molar-refractivity contribution is -0.115. The molecule has 0 saturated carbocycles. The highest BCUT2D eigenvalue weighted by Crippen LogP contribution is 1.78. The number of carbonyl (C=O) groups excluding carboxylic acids is 3. The Morgan fingerprint density at radius 2 is 1.00 bits per heavy atom. The zero-order valence-corrected chi connectivity index (χ0v) is 10.2. The maximum atomic E-state index is 9.82. The lowest BCUT2D eigenvalue weighted by Gasteiger charge is -1.81. The molecule has 0 aromatic rings. The summed E-state index contributed by atoms with van der Waals surface area (Å²) in [6.45, 7) is 12.8. The number of hydrogen-bond donors (Lipinski definition) is 3. The minimum absolute atomic E-state index is 0.398. The Morgan fingerprint density at radius 3 is 1.00 bits per heavy atom. The molecule has 0 saturated heterocycles. The molecule has 0 atom stereocenters. The summed E-state index contributed by atoms with van der Waals surface area (Å²) in [4.78, 5) is 29.1. The highest BCUT2D eigenvalue weighted by atomic mass is 16.1. The lowest BCUT2D eigenvalue weighted by atomic mass is 10.3. The third-order valence-electron chi connectivity index (χ3n) is 1.04. The monoisotopic (exact) mass is 241 g/mol. The molecule has 0 aliphatic rings. The molecule has 0 rings (SSSR count). The van der Waals surface area contributed by atoms with Crippen LogP contribution in [-0.2, 0) is 14.4 Å². The fourth-order valence-electron chi connectivity index (χ4n) is 0. The van der Waals surface area contributed by atoms with E-state index < -0.39 is 17.7 Å². The molecule has 0 heterocycles. The predicted octanol–water partition coefficient (Wildman–Crippen LogP) is -0.247. The smallest absolute Gasteiger partial charge is 0.243 e. The van der Waals surface area contributed by atoms with Crippen molar-refractivity contribution in [2.24, 2.45) is 17.2 Å². The van der Waals surface area contributed by atoms with Crippen LogP contribution < -0.4 is 17.2 Å². The van der Waals surface area contributed by atoms with Crippen LogP contribution in [0.15, 0.2) is 37.0 Å². The molecule has 0 radical (unpaired) electrons. The van der Waals surface area contributed by atoms with Gasteiger partial charge in [-0.05, 0) is 19.9 Å². The first-order chi connectivity index (χ1) is 7.56. The van der Waals surface area contributed by atoms with Crippen molar-refractivity contribution in [3.63, 3.8) is 0 Å². The molecule has 6 heteroatoms. The quantitative estimate of drug-likeness (QED) is 0.589. The highest BCUT2D eigenvalue weighted by Gasteiger charge is 1.87. The van der Waals surface area contributed by atoms with E-state index in [1.807, 2.05) is 0 Å². The molecule has 0 aromatic heterocycles. The van der Waals surface area contributed by atoms with Crippen LogP contribution in [0, 0.1) is 0 Å². The summed E-state index contributed by atoms with van der Waals surface area (Å²) >= 11 is 0. The predicted molar refractivity (Wildman–Crippen MR) is 67.4 cm³/mol. The van der Waals surface area contributed by atoms with Gasteiger partial charge in [0.25, 0.3) is 0 Å². The Kier molecular flexibility index (Phi) is 13.8. The summed E-state index contributed by atoms with van der Waals surface area (Å²) in [6, 6.07) is 0. The van der Waals surface area contributed by atoms with Crippen LogP contribution in [0.5, 0.6) is 0 Å². The Balaban J connectivity index is -0.000000174. The Hall–Kier alpha value is -2.37. The zero-order chi connectivity index (χ0) is 14.6. The number of nitrogens with two attached hydrogens (primary N) is 3. The van der Waals surface area contributed by atoms with E-state index in [1.54, 1.807) is 13.8 Å². The van der Waals surface area contributed by atoms with Crippen molar-refractivity contribution in [3.8, 4) is 0 Å². The summed E-state index contributed by atoms with van der Waals surface area (Å²) in [5.41, 5.74) is 14.7. The number of carbonyl (C=O) groups is 3. The normalized spacial score (nSPS) is 7.18. The minimum atomic E-state index is -0.481. The van der Waals surface area contributed by atoms with Crippen LogP contribution in [0.25, 0.3) is 0 Å². The van der Waals surface area contributed by atoms with E-state index in [-0.39, 0.29) is 0 Å². The maximum absolute atomic E-state index is 9.82. The number of primary amides is 3. The van der Waals surface area contributed by atoms with Crippen molar-refractivity contribution < 1.29 is 14.4 Å². The van der Waals surface area contributed by atoms with Crippen molar-refractivity contribution in [1.29, 1.82) is 0 Å². The average molecular weight is 241 g/mol. The van der Waals surface area contributed by atoms with E-state index in [4.69, 9.17) is 11.5 Å². The highest BCUT2D eigenvalue weighted by molar-refractivity contribution is 5.90. The number of amides is 3. The summed E-state index contributed by atoms with van der Waals surface area (Å²) < 4.78 is 0. The van der Waals surface area contributed by atoms with Crippen molar-refractivity contribution in [3.05, 3.63) is 37.0 Å². The summed E-state index contributed by atoms with van der Waals surface area (Å²) in [7, 11) is 0. The summed E-state index contributed by atoms with van der Waals surface area (Å²) in [6.07, 6.45) is 1.06. The van der Waals surface area contributed by atoms with Crippen molar-refractivity contribution in [1.82, 2.24) is 0 Å². The molecule has 0 unspecified atom stereocenters. The van der Waals surface area contributed by atoms with E-state index in [1.165, 1.54) is 0 Å². The van der Waals surface area contributed by atoms with Gasteiger partial charge in [0, 0.05) is 11.1 Å². The van der Waals surface area contributed by atoms with Crippen LogP contribution >= 0.6 is 0 Å². The first kappa shape index (κ1) is 20.1. The van der Waals surface area contributed by atoms with Crippen LogP contribution in [0.2, 0.25) is 0 Å². The van der Waals surface area contributed by atoms with Gasteiger partial charge in [0.05, 0.1) is 0 Å². The van der Waals surface area contributed by atoms with Gasteiger partial charge in [0.15, 0.2) is 0 Å². The second-order valence-corrected chi connectivity index (χ2v) is 2.90. The fraction of sp³-hybridized carbons (Fsp3) is 0.182. The molecule has 3 amide bonds. The van der Waals surface area contributed by atoms with Crippen molar-refractivity contribution >= 4 is 17.7 Å². The van der Waals surface area contributed by atoms with E-state index in [0.29, 0.717) is 11.1 Å². The zero-order valence-electron chi connectivity index (χ0n) is 10.2. The molecule has 6 nitrogen and oxygen atoms in total.